The van der Waals surface area contributed by atoms with Gasteiger partial charge in [0.1, 0.15) is 6.10 Å². The van der Waals surface area contributed by atoms with E-state index in [2.05, 4.69) is 5.32 Å². The van der Waals surface area contributed by atoms with Gasteiger partial charge in [-0.25, -0.2) is 0 Å². The Hall–Kier alpha value is -0.610. The smallest absolute Gasteiger partial charge is 0.249 e. The van der Waals surface area contributed by atoms with E-state index in [9.17, 15) is 9.90 Å². The molecule has 1 aliphatic carbocycles. The average Bonchev–Trinajstić information content (AvgIpc) is 2.98. The van der Waals surface area contributed by atoms with Crippen LogP contribution < -0.4 is 5.32 Å². The van der Waals surface area contributed by atoms with E-state index in [1.807, 2.05) is 6.92 Å². The van der Waals surface area contributed by atoms with Gasteiger partial charge in [0.05, 0.1) is 6.10 Å². The molecule has 1 aliphatic heterocycles. The molecule has 0 aromatic heterocycles. The third-order valence-electron chi connectivity index (χ3n) is 3.30. The van der Waals surface area contributed by atoms with Crippen LogP contribution in [-0.2, 0) is 9.53 Å². The molecule has 1 heterocycles. The summed E-state index contributed by atoms with van der Waals surface area (Å²) in [5.74, 6) is 0.634. The number of ether oxygens (including phenoxy) is 1. The fourth-order valence-electron chi connectivity index (χ4n) is 1.98. The first kappa shape index (κ1) is 10.9. The summed E-state index contributed by atoms with van der Waals surface area (Å²) in [6.07, 6.45) is 2.45. The summed E-state index contributed by atoms with van der Waals surface area (Å²) in [4.78, 5) is 11.7. The number of aliphatic hydroxyl groups excluding tert-OH is 1. The number of amides is 1. The topological polar surface area (TPSA) is 58.6 Å². The molecular formula is C11H19NO3. The zero-order valence-corrected chi connectivity index (χ0v) is 9.11. The van der Waals surface area contributed by atoms with E-state index < -0.39 is 0 Å². The molecule has 4 heteroatoms. The third kappa shape index (κ3) is 2.69. The standard InChI is InChI=1S/C11H19NO3/c1-7-4-5-15-10(7)11(14)12-6-9(13)8-2-3-8/h7-10,13H,2-6H2,1H3,(H,12,14). The Morgan fingerprint density at radius 1 is 1.53 bits per heavy atom. The third-order valence-corrected chi connectivity index (χ3v) is 3.30. The maximum Gasteiger partial charge on any atom is 0.249 e. The van der Waals surface area contributed by atoms with Crippen molar-refractivity contribution in [3.05, 3.63) is 0 Å². The van der Waals surface area contributed by atoms with E-state index in [-0.39, 0.29) is 18.1 Å². The Morgan fingerprint density at radius 2 is 2.27 bits per heavy atom. The van der Waals surface area contributed by atoms with Gasteiger partial charge in [-0.15, -0.1) is 0 Å². The molecule has 0 radical (unpaired) electrons. The Balaban J connectivity index is 1.71. The molecule has 15 heavy (non-hydrogen) atoms. The van der Waals surface area contributed by atoms with Gasteiger partial charge in [-0.1, -0.05) is 6.92 Å². The highest BCUT2D eigenvalue weighted by atomic mass is 16.5. The summed E-state index contributed by atoms with van der Waals surface area (Å²) in [7, 11) is 0. The van der Waals surface area contributed by atoms with E-state index >= 15 is 0 Å². The monoisotopic (exact) mass is 213 g/mol. The number of hydrogen-bond donors (Lipinski definition) is 2. The van der Waals surface area contributed by atoms with Gasteiger partial charge < -0.3 is 15.2 Å². The minimum Gasteiger partial charge on any atom is -0.391 e. The summed E-state index contributed by atoms with van der Waals surface area (Å²) in [6.45, 7) is 3.06. The Labute approximate surface area is 90.0 Å². The van der Waals surface area contributed by atoms with Gasteiger partial charge in [0.25, 0.3) is 0 Å². The lowest BCUT2D eigenvalue weighted by Gasteiger charge is -2.16. The molecular weight excluding hydrogens is 194 g/mol. The lowest BCUT2D eigenvalue weighted by Crippen LogP contribution is -2.41. The zero-order chi connectivity index (χ0) is 10.8. The normalized spacial score (nSPS) is 32.7. The van der Waals surface area contributed by atoms with Crippen LogP contribution in [0.25, 0.3) is 0 Å². The van der Waals surface area contributed by atoms with E-state index in [4.69, 9.17) is 4.74 Å². The molecule has 86 valence electrons. The second-order valence-corrected chi connectivity index (χ2v) is 4.71. The van der Waals surface area contributed by atoms with Crippen molar-refractivity contribution in [3.63, 3.8) is 0 Å². The van der Waals surface area contributed by atoms with Crippen molar-refractivity contribution in [1.82, 2.24) is 5.32 Å². The maximum absolute atomic E-state index is 11.7. The summed E-state index contributed by atoms with van der Waals surface area (Å²) in [5, 5.41) is 12.4. The van der Waals surface area contributed by atoms with Crippen molar-refractivity contribution in [3.8, 4) is 0 Å². The number of hydrogen-bond acceptors (Lipinski definition) is 3. The molecule has 0 bridgehead atoms. The molecule has 2 rings (SSSR count). The molecule has 2 N–H and O–H groups in total. The minimum absolute atomic E-state index is 0.0697. The predicted octanol–water partition coefficient (Wildman–Crippen LogP) is 0.298. The largest absolute Gasteiger partial charge is 0.391 e. The quantitative estimate of drug-likeness (QED) is 0.706. The first-order valence-corrected chi connectivity index (χ1v) is 5.76. The van der Waals surface area contributed by atoms with Crippen LogP contribution in [0.1, 0.15) is 26.2 Å². The molecule has 0 aromatic rings. The van der Waals surface area contributed by atoms with Crippen LogP contribution in [0.5, 0.6) is 0 Å². The Morgan fingerprint density at radius 3 is 2.80 bits per heavy atom. The molecule has 0 spiro atoms. The van der Waals surface area contributed by atoms with Gasteiger partial charge in [0.15, 0.2) is 0 Å². The minimum atomic E-state index is -0.370. The molecule has 2 fully saturated rings. The number of aliphatic hydroxyl groups is 1. The first-order valence-electron chi connectivity index (χ1n) is 5.76. The second kappa shape index (κ2) is 4.49. The van der Waals surface area contributed by atoms with Crippen LogP contribution in [0.4, 0.5) is 0 Å². The molecule has 1 saturated carbocycles. The zero-order valence-electron chi connectivity index (χ0n) is 9.11. The van der Waals surface area contributed by atoms with Crippen molar-refractivity contribution >= 4 is 5.91 Å². The van der Waals surface area contributed by atoms with E-state index in [1.54, 1.807) is 0 Å². The SMILES string of the molecule is CC1CCOC1C(=O)NCC(O)C1CC1. The summed E-state index contributed by atoms with van der Waals surface area (Å²) < 4.78 is 5.34. The fourth-order valence-corrected chi connectivity index (χ4v) is 1.98. The molecule has 3 atom stereocenters. The van der Waals surface area contributed by atoms with Crippen LogP contribution in [0.2, 0.25) is 0 Å². The fraction of sp³-hybridized carbons (Fsp3) is 0.909. The van der Waals surface area contributed by atoms with Crippen molar-refractivity contribution in [2.24, 2.45) is 11.8 Å². The second-order valence-electron chi connectivity index (χ2n) is 4.71. The lowest BCUT2D eigenvalue weighted by molar-refractivity contribution is -0.132. The van der Waals surface area contributed by atoms with Crippen LogP contribution in [0, 0.1) is 11.8 Å². The lowest BCUT2D eigenvalue weighted by atomic mass is 10.0. The van der Waals surface area contributed by atoms with Gasteiger partial charge in [-0.05, 0) is 31.1 Å². The van der Waals surface area contributed by atoms with Crippen LogP contribution in [0.15, 0.2) is 0 Å². The van der Waals surface area contributed by atoms with Gasteiger partial charge in [0, 0.05) is 13.2 Å². The average molecular weight is 213 g/mol. The van der Waals surface area contributed by atoms with Gasteiger partial charge >= 0.3 is 0 Å². The van der Waals surface area contributed by atoms with Crippen molar-refractivity contribution in [1.29, 1.82) is 0 Å². The van der Waals surface area contributed by atoms with Gasteiger partial charge in [-0.2, -0.15) is 0 Å². The summed E-state index contributed by atoms with van der Waals surface area (Å²) in [6, 6.07) is 0. The number of carbonyl (C=O) groups excluding carboxylic acids is 1. The van der Waals surface area contributed by atoms with E-state index in [1.165, 1.54) is 0 Å². The number of nitrogens with one attached hydrogen (secondary N) is 1. The highest BCUT2D eigenvalue weighted by Crippen LogP contribution is 2.32. The van der Waals surface area contributed by atoms with Crippen LogP contribution in [0.3, 0.4) is 0 Å². The van der Waals surface area contributed by atoms with Crippen molar-refractivity contribution < 1.29 is 14.6 Å². The van der Waals surface area contributed by atoms with Crippen LogP contribution in [-0.4, -0.2) is 36.4 Å². The maximum atomic E-state index is 11.7. The van der Waals surface area contributed by atoms with E-state index in [0.717, 1.165) is 19.3 Å². The van der Waals surface area contributed by atoms with Crippen molar-refractivity contribution in [2.75, 3.05) is 13.2 Å². The Kier molecular flexibility index (Phi) is 3.26. The molecule has 3 unspecified atom stereocenters. The summed E-state index contributed by atoms with van der Waals surface area (Å²) >= 11 is 0. The molecule has 1 amide bonds. The molecule has 1 saturated heterocycles. The van der Waals surface area contributed by atoms with Gasteiger partial charge in [-0.3, -0.25) is 4.79 Å². The molecule has 2 aliphatic rings. The highest BCUT2D eigenvalue weighted by Gasteiger charge is 2.33. The summed E-state index contributed by atoms with van der Waals surface area (Å²) in [5.41, 5.74) is 0. The van der Waals surface area contributed by atoms with E-state index in [0.29, 0.717) is 25.0 Å². The molecule has 4 nitrogen and oxygen atoms in total. The molecule has 0 aromatic carbocycles. The van der Waals surface area contributed by atoms with Gasteiger partial charge in [0.2, 0.25) is 5.91 Å². The van der Waals surface area contributed by atoms with Crippen molar-refractivity contribution in [2.45, 2.75) is 38.4 Å². The predicted molar refractivity (Wildman–Crippen MR) is 55.3 cm³/mol. The Bertz CT molecular complexity index is 240. The number of rotatable bonds is 4. The first-order chi connectivity index (χ1) is 7.18. The highest BCUT2D eigenvalue weighted by molar-refractivity contribution is 5.81. The van der Waals surface area contributed by atoms with Crippen LogP contribution >= 0.6 is 0 Å². The number of carbonyl (C=O) groups is 1.